The topological polar surface area (TPSA) is 102 Å². The number of hydrogen-bond acceptors (Lipinski definition) is 8. The molecule has 0 aliphatic carbocycles. The smallest absolute Gasteiger partial charge is 0.343 e. The van der Waals surface area contributed by atoms with Gasteiger partial charge in [-0.1, -0.05) is 42.5 Å². The Bertz CT molecular complexity index is 1530. The van der Waals surface area contributed by atoms with E-state index in [0.717, 1.165) is 11.4 Å². The normalized spacial score (nSPS) is 11.0. The molecule has 0 saturated heterocycles. The number of carbonyl (C=O) groups is 2. The molecule has 0 saturated carbocycles. The fourth-order valence-electron chi connectivity index (χ4n) is 3.49. The van der Waals surface area contributed by atoms with Crippen LogP contribution in [0.4, 0.5) is 22.7 Å². The summed E-state index contributed by atoms with van der Waals surface area (Å²) in [6, 6.07) is 38.1. The van der Waals surface area contributed by atoms with Gasteiger partial charge in [0.15, 0.2) is 0 Å². The molecule has 0 heterocycles. The Morgan fingerprint density at radius 3 is 1.12 bits per heavy atom. The van der Waals surface area contributed by atoms with Crippen molar-refractivity contribution >= 4 is 34.7 Å². The molecular weight excluding hydrogens is 504 g/mol. The van der Waals surface area contributed by atoms with Crippen LogP contribution in [0, 0.1) is 0 Å². The van der Waals surface area contributed by atoms with Gasteiger partial charge in [-0.25, -0.2) is 9.59 Å². The molecule has 0 N–H and O–H groups in total. The zero-order chi connectivity index (χ0) is 27.6. The van der Waals surface area contributed by atoms with E-state index in [1.807, 2.05) is 60.7 Å². The fraction of sp³-hybridized carbons (Fsp3) is 0. The molecule has 0 atom stereocenters. The van der Waals surface area contributed by atoms with Crippen LogP contribution in [0.15, 0.2) is 154 Å². The maximum Gasteiger partial charge on any atom is 0.343 e. The summed E-state index contributed by atoms with van der Waals surface area (Å²) >= 11 is 0. The second kappa shape index (κ2) is 12.7. The number of rotatable bonds is 8. The van der Waals surface area contributed by atoms with Gasteiger partial charge in [-0.2, -0.15) is 20.5 Å². The number of ether oxygens (including phenoxy) is 2. The minimum atomic E-state index is -0.610. The van der Waals surface area contributed by atoms with Gasteiger partial charge in [0.2, 0.25) is 0 Å². The molecule has 194 valence electrons. The molecule has 0 aliphatic rings. The average molecular weight is 527 g/mol. The van der Waals surface area contributed by atoms with Gasteiger partial charge < -0.3 is 9.47 Å². The minimum Gasteiger partial charge on any atom is -0.423 e. The zero-order valence-electron chi connectivity index (χ0n) is 21.1. The highest BCUT2D eigenvalue weighted by molar-refractivity contribution is 5.96. The zero-order valence-corrected chi connectivity index (χ0v) is 21.1. The van der Waals surface area contributed by atoms with Gasteiger partial charge in [-0.15, -0.1) is 0 Å². The number of benzene rings is 5. The second-order valence-electron chi connectivity index (χ2n) is 8.42. The highest BCUT2D eigenvalue weighted by Gasteiger charge is 2.14. The van der Waals surface area contributed by atoms with Crippen LogP contribution in [-0.4, -0.2) is 11.9 Å². The van der Waals surface area contributed by atoms with Gasteiger partial charge in [-0.3, -0.25) is 0 Å². The molecule has 0 amide bonds. The van der Waals surface area contributed by atoms with Crippen LogP contribution in [0.3, 0.4) is 0 Å². The molecule has 5 aromatic rings. The average Bonchev–Trinajstić information content (AvgIpc) is 3.01. The first-order chi connectivity index (χ1) is 19.6. The molecule has 0 fully saturated rings. The summed E-state index contributed by atoms with van der Waals surface area (Å²) in [5.41, 5.74) is 3.11. The molecule has 0 unspecified atom stereocenters. The minimum absolute atomic E-state index is 0.207. The lowest BCUT2D eigenvalue weighted by molar-refractivity contribution is 0.0734. The van der Waals surface area contributed by atoms with Gasteiger partial charge in [0.05, 0.1) is 33.9 Å². The molecule has 40 heavy (non-hydrogen) atoms. The Morgan fingerprint density at radius 2 is 0.750 bits per heavy atom. The Kier molecular flexibility index (Phi) is 8.19. The van der Waals surface area contributed by atoms with Crippen molar-refractivity contribution in [2.45, 2.75) is 0 Å². The van der Waals surface area contributed by atoms with Crippen molar-refractivity contribution in [1.82, 2.24) is 0 Å². The highest BCUT2D eigenvalue weighted by atomic mass is 16.5. The Morgan fingerprint density at radius 1 is 0.400 bits per heavy atom. The van der Waals surface area contributed by atoms with Gasteiger partial charge in [0, 0.05) is 0 Å². The first-order valence-electron chi connectivity index (χ1n) is 12.3. The maximum absolute atomic E-state index is 12.7. The number of azo groups is 2. The molecule has 0 bridgehead atoms. The summed E-state index contributed by atoms with van der Waals surface area (Å²) in [7, 11) is 0. The molecule has 0 spiro atoms. The van der Waals surface area contributed by atoms with Crippen molar-refractivity contribution in [3.63, 3.8) is 0 Å². The lowest BCUT2D eigenvalue weighted by atomic mass is 10.1. The van der Waals surface area contributed by atoms with E-state index in [4.69, 9.17) is 9.47 Å². The van der Waals surface area contributed by atoms with Gasteiger partial charge in [0.1, 0.15) is 11.5 Å². The molecule has 8 nitrogen and oxygen atoms in total. The van der Waals surface area contributed by atoms with Crippen LogP contribution in [0.1, 0.15) is 20.7 Å². The second-order valence-corrected chi connectivity index (χ2v) is 8.42. The largest absolute Gasteiger partial charge is 0.423 e. The molecular formula is C32H22N4O4. The number of hydrogen-bond donors (Lipinski definition) is 0. The van der Waals surface area contributed by atoms with Crippen molar-refractivity contribution < 1.29 is 19.1 Å². The van der Waals surface area contributed by atoms with Crippen molar-refractivity contribution in [3.8, 4) is 11.5 Å². The standard InChI is InChI=1S/C32H22N4O4/c37-31(39-29-18-14-27(15-19-29)35-33-25-10-3-1-4-11-25)23-8-7-9-24(22-23)32(38)40-30-20-16-28(17-21-30)36-34-26-12-5-2-6-13-26/h1-22H/b35-33+,36-34+. The van der Waals surface area contributed by atoms with E-state index >= 15 is 0 Å². The number of esters is 2. The first kappa shape index (κ1) is 25.9. The lowest BCUT2D eigenvalue weighted by Gasteiger charge is -2.07. The summed E-state index contributed by atoms with van der Waals surface area (Å²) < 4.78 is 10.9. The van der Waals surface area contributed by atoms with Crippen LogP contribution in [-0.2, 0) is 0 Å². The van der Waals surface area contributed by atoms with E-state index in [9.17, 15) is 9.59 Å². The van der Waals surface area contributed by atoms with Gasteiger partial charge in [0.25, 0.3) is 0 Å². The predicted octanol–water partition coefficient (Wildman–Crippen LogP) is 8.96. The fourth-order valence-corrected chi connectivity index (χ4v) is 3.49. The molecule has 5 rings (SSSR count). The van der Waals surface area contributed by atoms with Crippen LogP contribution in [0.2, 0.25) is 0 Å². The van der Waals surface area contributed by atoms with Crippen molar-refractivity contribution in [3.05, 3.63) is 145 Å². The van der Waals surface area contributed by atoms with E-state index in [2.05, 4.69) is 20.5 Å². The number of nitrogens with zero attached hydrogens (tertiary/aromatic N) is 4. The van der Waals surface area contributed by atoms with Crippen molar-refractivity contribution in [2.75, 3.05) is 0 Å². The predicted molar refractivity (Wildman–Crippen MR) is 150 cm³/mol. The van der Waals surface area contributed by atoms with Gasteiger partial charge in [-0.05, 0) is 91.0 Å². The third-order valence-electron chi connectivity index (χ3n) is 5.50. The van der Waals surface area contributed by atoms with E-state index in [1.165, 1.54) is 6.07 Å². The quantitative estimate of drug-likeness (QED) is 0.114. The van der Waals surface area contributed by atoms with Crippen molar-refractivity contribution in [2.24, 2.45) is 20.5 Å². The summed E-state index contributed by atoms with van der Waals surface area (Å²) in [4.78, 5) is 25.4. The van der Waals surface area contributed by atoms with E-state index in [1.54, 1.807) is 66.7 Å². The summed E-state index contributed by atoms with van der Waals surface area (Å²) in [5, 5.41) is 16.7. The molecule has 0 radical (unpaired) electrons. The molecule has 5 aromatic carbocycles. The molecule has 0 aromatic heterocycles. The summed E-state index contributed by atoms with van der Waals surface area (Å²) in [6.07, 6.45) is 0. The summed E-state index contributed by atoms with van der Waals surface area (Å²) in [5.74, 6) is -0.551. The van der Waals surface area contributed by atoms with E-state index in [0.29, 0.717) is 22.9 Å². The van der Waals surface area contributed by atoms with Crippen LogP contribution < -0.4 is 9.47 Å². The highest BCUT2D eigenvalue weighted by Crippen LogP contribution is 2.24. The van der Waals surface area contributed by atoms with Crippen LogP contribution in [0.5, 0.6) is 11.5 Å². The van der Waals surface area contributed by atoms with Crippen LogP contribution in [0.25, 0.3) is 0 Å². The van der Waals surface area contributed by atoms with Gasteiger partial charge >= 0.3 is 11.9 Å². The first-order valence-corrected chi connectivity index (χ1v) is 12.3. The van der Waals surface area contributed by atoms with E-state index in [-0.39, 0.29) is 11.1 Å². The molecule has 8 heteroatoms. The SMILES string of the molecule is O=C(Oc1ccc(/N=N/c2ccccc2)cc1)c1cccc(C(=O)Oc2ccc(/N=N/c3ccccc3)cc2)c1. The Hall–Kier alpha value is -5.76. The number of carbonyl (C=O) groups excluding carboxylic acids is 2. The lowest BCUT2D eigenvalue weighted by Crippen LogP contribution is -2.12. The molecule has 0 aliphatic heterocycles. The van der Waals surface area contributed by atoms with Crippen molar-refractivity contribution in [1.29, 1.82) is 0 Å². The van der Waals surface area contributed by atoms with E-state index < -0.39 is 11.9 Å². The monoisotopic (exact) mass is 526 g/mol. The Labute approximate surface area is 230 Å². The summed E-state index contributed by atoms with van der Waals surface area (Å²) in [6.45, 7) is 0. The maximum atomic E-state index is 12.7. The third kappa shape index (κ3) is 7.17. The van der Waals surface area contributed by atoms with Crippen LogP contribution >= 0.6 is 0 Å². The third-order valence-corrected chi connectivity index (χ3v) is 5.50. The Balaban J connectivity index is 1.18.